The van der Waals surface area contributed by atoms with Gasteiger partial charge in [0.05, 0.1) is 12.7 Å². The van der Waals surface area contributed by atoms with E-state index < -0.39 is 0 Å². The van der Waals surface area contributed by atoms with Gasteiger partial charge in [-0.15, -0.1) is 0 Å². The van der Waals surface area contributed by atoms with Crippen LogP contribution in [0.2, 0.25) is 0 Å². The van der Waals surface area contributed by atoms with Crippen LogP contribution in [0.4, 0.5) is 0 Å². The zero-order chi connectivity index (χ0) is 17.6. The monoisotopic (exact) mass is 332 g/mol. The molecule has 0 aliphatic rings. The summed E-state index contributed by atoms with van der Waals surface area (Å²) < 4.78 is 10.7. The molecule has 0 aliphatic heterocycles. The van der Waals surface area contributed by atoms with E-state index in [-0.39, 0.29) is 5.97 Å². The van der Waals surface area contributed by atoms with Crippen LogP contribution in [0.5, 0.6) is 5.75 Å². The van der Waals surface area contributed by atoms with Crippen LogP contribution in [0.15, 0.2) is 72.8 Å². The van der Waals surface area contributed by atoms with Crippen molar-refractivity contribution in [2.45, 2.75) is 13.5 Å². The third-order valence-corrected chi connectivity index (χ3v) is 4.02. The molecule has 3 aromatic rings. The predicted molar refractivity (Wildman–Crippen MR) is 98.7 cm³/mol. The number of esters is 1. The molecule has 0 spiro atoms. The summed E-state index contributed by atoms with van der Waals surface area (Å²) in [6, 6.07) is 23.4. The minimum atomic E-state index is -0.338. The van der Waals surface area contributed by atoms with Gasteiger partial charge in [-0.1, -0.05) is 60.2 Å². The molecule has 0 saturated carbocycles. The first-order chi connectivity index (χ1) is 12.2. The molecular formula is C22H20O3. The fourth-order valence-electron chi connectivity index (χ4n) is 2.60. The number of methoxy groups -OCH3 is 1. The number of carbonyl (C=O) groups is 1. The number of carbonyl (C=O) groups excluding carboxylic acids is 1. The highest BCUT2D eigenvalue weighted by atomic mass is 16.5. The maximum atomic E-state index is 11.9. The van der Waals surface area contributed by atoms with Gasteiger partial charge in [-0.25, -0.2) is 4.79 Å². The summed E-state index contributed by atoms with van der Waals surface area (Å²) >= 11 is 0. The van der Waals surface area contributed by atoms with Crippen LogP contribution in [0.3, 0.4) is 0 Å². The van der Waals surface area contributed by atoms with Gasteiger partial charge in [0.2, 0.25) is 0 Å². The Kier molecular flexibility index (Phi) is 5.14. The first kappa shape index (κ1) is 16.8. The van der Waals surface area contributed by atoms with E-state index >= 15 is 0 Å². The first-order valence-electron chi connectivity index (χ1n) is 8.13. The number of ether oxygens (including phenoxy) is 2. The van der Waals surface area contributed by atoms with Gasteiger partial charge in [-0.2, -0.15) is 0 Å². The molecule has 3 aromatic carbocycles. The van der Waals surface area contributed by atoms with E-state index in [1.54, 1.807) is 6.07 Å². The number of hydrogen-bond acceptors (Lipinski definition) is 3. The summed E-state index contributed by atoms with van der Waals surface area (Å²) in [5.41, 5.74) is 4.71. The van der Waals surface area contributed by atoms with Crippen LogP contribution in [0.25, 0.3) is 11.1 Å². The summed E-state index contributed by atoms with van der Waals surface area (Å²) in [7, 11) is 1.39. The number of rotatable bonds is 5. The van der Waals surface area contributed by atoms with Crippen molar-refractivity contribution in [3.63, 3.8) is 0 Å². The smallest absolute Gasteiger partial charge is 0.338 e. The molecule has 0 aromatic heterocycles. The largest absolute Gasteiger partial charge is 0.489 e. The molecule has 0 bridgehead atoms. The maximum Gasteiger partial charge on any atom is 0.338 e. The van der Waals surface area contributed by atoms with Crippen molar-refractivity contribution in [2.75, 3.05) is 7.11 Å². The Morgan fingerprint density at radius 2 is 1.56 bits per heavy atom. The molecular weight excluding hydrogens is 312 g/mol. The highest BCUT2D eigenvalue weighted by Crippen LogP contribution is 2.26. The highest BCUT2D eigenvalue weighted by Gasteiger charge is 2.12. The van der Waals surface area contributed by atoms with Crippen LogP contribution in [-0.4, -0.2) is 13.1 Å². The normalized spacial score (nSPS) is 10.3. The fraction of sp³-hybridized carbons (Fsp3) is 0.136. The molecule has 0 radical (unpaired) electrons. The van der Waals surface area contributed by atoms with Crippen molar-refractivity contribution in [1.29, 1.82) is 0 Å². The molecule has 126 valence electrons. The zero-order valence-corrected chi connectivity index (χ0v) is 14.4. The Balaban J connectivity index is 1.74. The van der Waals surface area contributed by atoms with Crippen molar-refractivity contribution in [3.8, 4) is 16.9 Å². The van der Waals surface area contributed by atoms with Gasteiger partial charge in [-0.05, 0) is 41.8 Å². The SMILES string of the molecule is COC(=O)c1ccccc1-c1ccc(OCc2ccc(C)cc2)cc1. The van der Waals surface area contributed by atoms with E-state index in [2.05, 4.69) is 31.2 Å². The van der Waals surface area contributed by atoms with Gasteiger partial charge in [-0.3, -0.25) is 0 Å². The maximum absolute atomic E-state index is 11.9. The zero-order valence-electron chi connectivity index (χ0n) is 14.4. The number of hydrogen-bond donors (Lipinski definition) is 0. The van der Waals surface area contributed by atoms with E-state index in [9.17, 15) is 4.79 Å². The van der Waals surface area contributed by atoms with Crippen molar-refractivity contribution < 1.29 is 14.3 Å². The van der Waals surface area contributed by atoms with E-state index in [4.69, 9.17) is 9.47 Å². The quantitative estimate of drug-likeness (QED) is 0.615. The molecule has 0 saturated heterocycles. The van der Waals surface area contributed by atoms with Crippen molar-refractivity contribution in [1.82, 2.24) is 0 Å². The minimum Gasteiger partial charge on any atom is -0.489 e. The van der Waals surface area contributed by atoms with E-state index in [0.717, 1.165) is 22.4 Å². The third kappa shape index (κ3) is 4.07. The van der Waals surface area contributed by atoms with Crippen LogP contribution in [-0.2, 0) is 11.3 Å². The lowest BCUT2D eigenvalue weighted by molar-refractivity contribution is 0.0601. The molecule has 3 heteroatoms. The summed E-state index contributed by atoms with van der Waals surface area (Å²) in [4.78, 5) is 11.9. The van der Waals surface area contributed by atoms with Crippen LogP contribution < -0.4 is 4.74 Å². The molecule has 0 fully saturated rings. The first-order valence-corrected chi connectivity index (χ1v) is 8.13. The summed E-state index contributed by atoms with van der Waals surface area (Å²) in [6.07, 6.45) is 0. The Bertz CT molecular complexity index is 849. The molecule has 0 N–H and O–H groups in total. The molecule has 3 nitrogen and oxygen atoms in total. The lowest BCUT2D eigenvalue weighted by atomic mass is 10.00. The summed E-state index contributed by atoms with van der Waals surface area (Å²) in [5.74, 6) is 0.454. The predicted octanol–water partition coefficient (Wildman–Crippen LogP) is 5.03. The van der Waals surface area contributed by atoms with Crippen LogP contribution in [0, 0.1) is 6.92 Å². The second kappa shape index (κ2) is 7.67. The van der Waals surface area contributed by atoms with Gasteiger partial charge in [0, 0.05) is 0 Å². The Labute approximate surface area is 147 Å². The van der Waals surface area contributed by atoms with Crippen molar-refractivity contribution >= 4 is 5.97 Å². The lowest BCUT2D eigenvalue weighted by Crippen LogP contribution is -2.03. The van der Waals surface area contributed by atoms with Gasteiger partial charge < -0.3 is 9.47 Å². The molecule has 0 amide bonds. The highest BCUT2D eigenvalue weighted by molar-refractivity contribution is 5.97. The molecule has 0 unspecified atom stereocenters. The second-order valence-electron chi connectivity index (χ2n) is 5.84. The molecule has 0 atom stereocenters. The molecule has 0 aliphatic carbocycles. The number of aryl methyl sites for hydroxylation is 1. The summed E-state index contributed by atoms with van der Waals surface area (Å²) in [5, 5.41) is 0. The fourth-order valence-corrected chi connectivity index (χ4v) is 2.60. The van der Waals surface area contributed by atoms with Crippen LogP contribution >= 0.6 is 0 Å². The average molecular weight is 332 g/mol. The van der Waals surface area contributed by atoms with Gasteiger partial charge in [0.15, 0.2) is 0 Å². The minimum absolute atomic E-state index is 0.338. The molecule has 0 heterocycles. The Hall–Kier alpha value is -3.07. The average Bonchev–Trinajstić information content (AvgIpc) is 2.67. The Morgan fingerprint density at radius 1 is 0.880 bits per heavy atom. The van der Waals surface area contributed by atoms with Crippen LogP contribution in [0.1, 0.15) is 21.5 Å². The van der Waals surface area contributed by atoms with Gasteiger partial charge in [0.1, 0.15) is 12.4 Å². The second-order valence-corrected chi connectivity index (χ2v) is 5.84. The van der Waals surface area contributed by atoms with Crippen molar-refractivity contribution in [3.05, 3.63) is 89.5 Å². The molecule has 3 rings (SSSR count). The Morgan fingerprint density at radius 3 is 2.24 bits per heavy atom. The van der Waals surface area contributed by atoms with E-state index in [0.29, 0.717) is 12.2 Å². The van der Waals surface area contributed by atoms with E-state index in [1.807, 2.05) is 42.5 Å². The standard InChI is InChI=1S/C22H20O3/c1-16-7-9-17(10-8-16)15-25-19-13-11-18(12-14-19)20-5-3-4-6-21(20)22(23)24-2/h3-14H,15H2,1-2H3. The van der Waals surface area contributed by atoms with Gasteiger partial charge in [0.25, 0.3) is 0 Å². The number of benzene rings is 3. The lowest BCUT2D eigenvalue weighted by Gasteiger charge is -2.10. The molecule has 25 heavy (non-hydrogen) atoms. The third-order valence-electron chi connectivity index (χ3n) is 4.02. The van der Waals surface area contributed by atoms with Crippen molar-refractivity contribution in [2.24, 2.45) is 0 Å². The summed E-state index contributed by atoms with van der Waals surface area (Å²) in [6.45, 7) is 2.59. The topological polar surface area (TPSA) is 35.5 Å². The van der Waals surface area contributed by atoms with Gasteiger partial charge >= 0.3 is 5.97 Å². The van der Waals surface area contributed by atoms with E-state index in [1.165, 1.54) is 12.7 Å².